The molecule has 0 saturated heterocycles. The molecule has 1 aliphatic rings. The maximum Gasteiger partial charge on any atom is 0.108 e. The first-order valence-corrected chi connectivity index (χ1v) is 6.61. The Balaban J connectivity index is 1.91. The van der Waals surface area contributed by atoms with Crippen LogP contribution in [-0.4, -0.2) is 14.4 Å². The van der Waals surface area contributed by atoms with Crippen molar-refractivity contribution in [1.82, 2.24) is 9.55 Å². The van der Waals surface area contributed by atoms with Gasteiger partial charge < -0.3 is 4.57 Å². The summed E-state index contributed by atoms with van der Waals surface area (Å²) in [6, 6.07) is 0. The highest BCUT2D eigenvalue weighted by molar-refractivity contribution is 9.09. The Morgan fingerprint density at radius 2 is 2.47 bits per heavy atom. The van der Waals surface area contributed by atoms with E-state index in [0.29, 0.717) is 5.41 Å². The molecule has 1 saturated carbocycles. The van der Waals surface area contributed by atoms with Crippen LogP contribution < -0.4 is 0 Å². The third-order valence-corrected chi connectivity index (χ3v) is 4.43. The minimum atomic E-state index is 0.528. The number of imidazole rings is 1. The molecule has 1 aliphatic carbocycles. The molecule has 15 heavy (non-hydrogen) atoms. The Morgan fingerprint density at radius 3 is 3.00 bits per heavy atom. The summed E-state index contributed by atoms with van der Waals surface area (Å²) in [6.07, 6.45) is 10.3. The summed E-state index contributed by atoms with van der Waals surface area (Å²) in [5.74, 6) is 1.22. The first kappa shape index (κ1) is 11.2. The van der Waals surface area contributed by atoms with Crippen LogP contribution in [0, 0.1) is 5.41 Å². The van der Waals surface area contributed by atoms with Gasteiger partial charge in [-0.2, -0.15) is 0 Å². The summed E-state index contributed by atoms with van der Waals surface area (Å²) in [5.41, 5.74) is 0.528. The van der Waals surface area contributed by atoms with E-state index in [1.807, 2.05) is 12.4 Å². The second-order valence-corrected chi connectivity index (χ2v) is 6.40. The lowest BCUT2D eigenvalue weighted by Gasteiger charge is -2.23. The van der Waals surface area contributed by atoms with Gasteiger partial charge in [-0.15, -0.1) is 0 Å². The highest BCUT2D eigenvalue weighted by Gasteiger charge is 2.33. The predicted molar refractivity (Wildman–Crippen MR) is 66.2 cm³/mol. The number of rotatable bonds is 3. The molecule has 0 radical (unpaired) electrons. The van der Waals surface area contributed by atoms with Crippen LogP contribution >= 0.6 is 15.9 Å². The van der Waals surface area contributed by atoms with Gasteiger partial charge >= 0.3 is 0 Å². The van der Waals surface area contributed by atoms with E-state index in [9.17, 15) is 0 Å². The topological polar surface area (TPSA) is 17.8 Å². The normalized spacial score (nSPS) is 31.0. The zero-order valence-electron chi connectivity index (χ0n) is 9.54. The Labute approximate surface area is 100 Å². The van der Waals surface area contributed by atoms with Crippen molar-refractivity contribution in [2.75, 3.05) is 0 Å². The standard InChI is InChI=1S/C12H19BrN2/c1-12(5-3-10(13)9-12)6-4-11-14-7-8-15(11)2/h7-8,10H,3-6,9H2,1-2H3. The fourth-order valence-corrected chi connectivity index (χ4v) is 3.53. The Kier molecular flexibility index (Phi) is 3.19. The molecule has 2 atom stereocenters. The lowest BCUT2D eigenvalue weighted by atomic mass is 9.84. The summed E-state index contributed by atoms with van der Waals surface area (Å²) in [6.45, 7) is 2.41. The molecule has 0 bridgehead atoms. The minimum Gasteiger partial charge on any atom is -0.338 e. The molecule has 84 valence electrons. The number of aromatic nitrogens is 2. The first-order valence-electron chi connectivity index (χ1n) is 5.69. The largest absolute Gasteiger partial charge is 0.338 e. The van der Waals surface area contributed by atoms with Crippen LogP contribution in [0.4, 0.5) is 0 Å². The number of hydrogen-bond donors (Lipinski definition) is 0. The third-order valence-electron chi connectivity index (χ3n) is 3.65. The van der Waals surface area contributed by atoms with Crippen molar-refractivity contribution >= 4 is 15.9 Å². The van der Waals surface area contributed by atoms with Gasteiger partial charge in [0.1, 0.15) is 5.82 Å². The number of aryl methyl sites for hydroxylation is 2. The fourth-order valence-electron chi connectivity index (χ4n) is 2.52. The highest BCUT2D eigenvalue weighted by Crippen LogP contribution is 2.44. The van der Waals surface area contributed by atoms with Crippen molar-refractivity contribution < 1.29 is 0 Å². The lowest BCUT2D eigenvalue weighted by molar-refractivity contribution is 0.306. The van der Waals surface area contributed by atoms with Gasteiger partial charge in [-0.05, 0) is 31.1 Å². The van der Waals surface area contributed by atoms with E-state index in [-0.39, 0.29) is 0 Å². The maximum absolute atomic E-state index is 4.38. The van der Waals surface area contributed by atoms with Gasteiger partial charge in [-0.1, -0.05) is 22.9 Å². The van der Waals surface area contributed by atoms with Gasteiger partial charge in [-0.25, -0.2) is 4.98 Å². The molecule has 0 aromatic carbocycles. The zero-order chi connectivity index (χ0) is 10.9. The molecular formula is C12H19BrN2. The van der Waals surface area contributed by atoms with Crippen LogP contribution in [0.5, 0.6) is 0 Å². The van der Waals surface area contributed by atoms with Gasteiger partial charge in [0.05, 0.1) is 0 Å². The van der Waals surface area contributed by atoms with E-state index in [0.717, 1.165) is 11.2 Å². The predicted octanol–water partition coefficient (Wildman–Crippen LogP) is 3.31. The first-order chi connectivity index (χ1) is 7.09. The van der Waals surface area contributed by atoms with Gasteiger partial charge in [0.15, 0.2) is 0 Å². The Morgan fingerprint density at radius 1 is 1.67 bits per heavy atom. The van der Waals surface area contributed by atoms with Gasteiger partial charge in [0.25, 0.3) is 0 Å². The summed E-state index contributed by atoms with van der Waals surface area (Å²) in [7, 11) is 2.08. The smallest absolute Gasteiger partial charge is 0.108 e. The van der Waals surface area contributed by atoms with Crippen LogP contribution in [0.15, 0.2) is 12.4 Å². The lowest BCUT2D eigenvalue weighted by Crippen LogP contribution is -2.14. The van der Waals surface area contributed by atoms with E-state index in [1.165, 1.54) is 31.5 Å². The molecule has 0 amide bonds. The van der Waals surface area contributed by atoms with Crippen molar-refractivity contribution in [3.63, 3.8) is 0 Å². The number of nitrogens with zero attached hydrogens (tertiary/aromatic N) is 2. The molecule has 0 spiro atoms. The van der Waals surface area contributed by atoms with Crippen LogP contribution in [0.25, 0.3) is 0 Å². The fraction of sp³-hybridized carbons (Fsp3) is 0.750. The average molecular weight is 271 g/mol. The molecule has 0 N–H and O–H groups in total. The quantitative estimate of drug-likeness (QED) is 0.771. The van der Waals surface area contributed by atoms with E-state index in [2.05, 4.69) is 39.5 Å². The zero-order valence-corrected chi connectivity index (χ0v) is 11.1. The molecule has 2 unspecified atom stereocenters. The van der Waals surface area contributed by atoms with E-state index < -0.39 is 0 Å². The second kappa shape index (κ2) is 4.28. The molecule has 2 nitrogen and oxygen atoms in total. The second-order valence-electron chi connectivity index (χ2n) is 5.11. The van der Waals surface area contributed by atoms with Gasteiger partial charge in [0, 0.05) is 30.7 Å². The Hall–Kier alpha value is -0.310. The molecule has 3 heteroatoms. The summed E-state index contributed by atoms with van der Waals surface area (Å²) in [5, 5.41) is 0. The number of halogens is 1. The highest BCUT2D eigenvalue weighted by atomic mass is 79.9. The molecule has 2 rings (SSSR count). The average Bonchev–Trinajstić information content (AvgIpc) is 2.71. The summed E-state index contributed by atoms with van der Waals surface area (Å²) >= 11 is 3.73. The van der Waals surface area contributed by atoms with E-state index in [1.54, 1.807) is 0 Å². The molecule has 1 aromatic heterocycles. The van der Waals surface area contributed by atoms with E-state index in [4.69, 9.17) is 0 Å². The van der Waals surface area contributed by atoms with Gasteiger partial charge in [0.2, 0.25) is 0 Å². The van der Waals surface area contributed by atoms with Crippen molar-refractivity contribution in [3.8, 4) is 0 Å². The van der Waals surface area contributed by atoms with Crippen molar-refractivity contribution in [3.05, 3.63) is 18.2 Å². The van der Waals surface area contributed by atoms with Crippen LogP contribution in [-0.2, 0) is 13.5 Å². The Bertz CT molecular complexity index is 334. The number of alkyl halides is 1. The van der Waals surface area contributed by atoms with Crippen molar-refractivity contribution in [1.29, 1.82) is 0 Å². The minimum absolute atomic E-state index is 0.528. The maximum atomic E-state index is 4.38. The van der Waals surface area contributed by atoms with Crippen LogP contribution in [0.1, 0.15) is 38.4 Å². The summed E-state index contributed by atoms with van der Waals surface area (Å²) in [4.78, 5) is 5.12. The molecule has 1 heterocycles. The third kappa shape index (κ3) is 2.63. The molecule has 0 aliphatic heterocycles. The van der Waals surface area contributed by atoms with Crippen molar-refractivity contribution in [2.45, 2.75) is 43.9 Å². The molecular weight excluding hydrogens is 252 g/mol. The molecule has 1 fully saturated rings. The SMILES string of the molecule is Cn1ccnc1CCC1(C)CCC(Br)C1. The van der Waals surface area contributed by atoms with Crippen LogP contribution in [0.3, 0.4) is 0 Å². The van der Waals surface area contributed by atoms with Crippen LogP contribution in [0.2, 0.25) is 0 Å². The van der Waals surface area contributed by atoms with Gasteiger partial charge in [-0.3, -0.25) is 0 Å². The summed E-state index contributed by atoms with van der Waals surface area (Å²) < 4.78 is 2.13. The number of hydrogen-bond acceptors (Lipinski definition) is 1. The molecule has 1 aromatic rings. The monoisotopic (exact) mass is 270 g/mol. The van der Waals surface area contributed by atoms with E-state index >= 15 is 0 Å². The van der Waals surface area contributed by atoms with Crippen molar-refractivity contribution in [2.24, 2.45) is 12.5 Å².